The van der Waals surface area contributed by atoms with E-state index >= 15 is 0 Å². The van der Waals surface area contributed by atoms with Gasteiger partial charge in [-0.15, -0.1) is 0 Å². The van der Waals surface area contributed by atoms with Gasteiger partial charge in [0.1, 0.15) is 11.7 Å². The summed E-state index contributed by atoms with van der Waals surface area (Å²) in [6.45, 7) is 3.58. The average molecular weight is 474 g/mol. The Kier molecular flexibility index (Phi) is 6.26. The van der Waals surface area contributed by atoms with Crippen LogP contribution in [0.15, 0.2) is 59.5 Å². The van der Waals surface area contributed by atoms with Crippen molar-refractivity contribution in [2.24, 2.45) is 4.99 Å². The van der Waals surface area contributed by atoms with E-state index < -0.39 is 29.5 Å². The Bertz CT molecular complexity index is 1220. The lowest BCUT2D eigenvalue weighted by molar-refractivity contribution is -0.140. The van der Waals surface area contributed by atoms with Gasteiger partial charge in [0, 0.05) is 36.3 Å². The van der Waals surface area contributed by atoms with Crippen LogP contribution in [0, 0.1) is 5.82 Å². The quantitative estimate of drug-likeness (QED) is 0.643. The number of aromatic nitrogens is 1. The Morgan fingerprint density at radius 1 is 1.32 bits per heavy atom. The van der Waals surface area contributed by atoms with Crippen LogP contribution in [0.1, 0.15) is 42.1 Å². The molecule has 0 unspecified atom stereocenters. The van der Waals surface area contributed by atoms with Gasteiger partial charge in [0.25, 0.3) is 5.91 Å². The SMILES string of the molecule is C[C@@H]1CN2C=C(c3ccncc3CO)C=C(C(=O)N[C@H](C)c3cccc(C(F)(F)F)c3F)C2=N1. The van der Waals surface area contributed by atoms with Crippen molar-refractivity contribution < 1.29 is 27.5 Å². The van der Waals surface area contributed by atoms with E-state index in [9.17, 15) is 27.5 Å². The fraction of sp³-hybridized carbons (Fsp3) is 0.292. The van der Waals surface area contributed by atoms with E-state index in [0.717, 1.165) is 6.07 Å². The first-order valence-electron chi connectivity index (χ1n) is 10.6. The molecule has 0 fully saturated rings. The first-order chi connectivity index (χ1) is 16.1. The summed E-state index contributed by atoms with van der Waals surface area (Å²) in [7, 11) is 0. The van der Waals surface area contributed by atoms with Gasteiger partial charge in [-0.2, -0.15) is 13.2 Å². The second-order valence-corrected chi connectivity index (χ2v) is 8.19. The Balaban J connectivity index is 1.67. The number of alkyl halides is 3. The number of hydrogen-bond acceptors (Lipinski definition) is 5. The summed E-state index contributed by atoms with van der Waals surface area (Å²) < 4.78 is 53.9. The van der Waals surface area contributed by atoms with Crippen LogP contribution >= 0.6 is 0 Å². The molecule has 3 heterocycles. The average Bonchev–Trinajstić information content (AvgIpc) is 3.17. The van der Waals surface area contributed by atoms with Crippen LogP contribution in [0.25, 0.3) is 5.57 Å². The normalized spacial score (nSPS) is 18.6. The van der Waals surface area contributed by atoms with Crippen molar-refractivity contribution in [3.63, 3.8) is 0 Å². The number of nitrogens with one attached hydrogen (secondary N) is 1. The number of aliphatic hydroxyl groups excluding tert-OH is 1. The molecule has 0 saturated carbocycles. The molecule has 34 heavy (non-hydrogen) atoms. The van der Waals surface area contributed by atoms with Crippen LogP contribution < -0.4 is 5.32 Å². The highest BCUT2D eigenvalue weighted by Crippen LogP contribution is 2.34. The highest BCUT2D eigenvalue weighted by Gasteiger charge is 2.36. The summed E-state index contributed by atoms with van der Waals surface area (Å²) in [5.74, 6) is -1.60. The number of amidine groups is 1. The zero-order chi connectivity index (χ0) is 24.6. The molecule has 0 bridgehead atoms. The third kappa shape index (κ3) is 4.45. The van der Waals surface area contributed by atoms with E-state index in [4.69, 9.17) is 0 Å². The largest absolute Gasteiger partial charge is 0.419 e. The molecule has 2 aliphatic rings. The number of carbonyl (C=O) groups excluding carboxylic acids is 1. The van der Waals surface area contributed by atoms with Gasteiger partial charge >= 0.3 is 6.18 Å². The van der Waals surface area contributed by atoms with Crippen molar-refractivity contribution in [1.82, 2.24) is 15.2 Å². The van der Waals surface area contributed by atoms with E-state index in [1.54, 1.807) is 18.3 Å². The molecule has 0 aliphatic carbocycles. The Morgan fingerprint density at radius 2 is 2.09 bits per heavy atom. The molecule has 0 spiro atoms. The molecule has 178 valence electrons. The highest BCUT2D eigenvalue weighted by atomic mass is 19.4. The molecule has 0 radical (unpaired) electrons. The third-order valence-corrected chi connectivity index (χ3v) is 5.69. The number of amides is 1. The summed E-state index contributed by atoms with van der Waals surface area (Å²) >= 11 is 0. The molecule has 0 saturated heterocycles. The minimum atomic E-state index is -4.85. The van der Waals surface area contributed by atoms with Gasteiger partial charge in [-0.3, -0.25) is 14.8 Å². The van der Waals surface area contributed by atoms with Crippen LogP contribution in [-0.2, 0) is 17.6 Å². The highest BCUT2D eigenvalue weighted by molar-refractivity contribution is 6.24. The number of pyridine rings is 1. The number of allylic oxidation sites excluding steroid dienone is 2. The number of carbonyl (C=O) groups is 1. The number of benzene rings is 1. The molecule has 1 aromatic heterocycles. The fourth-order valence-electron chi connectivity index (χ4n) is 4.06. The fourth-order valence-corrected chi connectivity index (χ4v) is 4.06. The smallest absolute Gasteiger partial charge is 0.392 e. The Labute approximate surface area is 193 Å². The van der Waals surface area contributed by atoms with Crippen molar-refractivity contribution in [3.8, 4) is 0 Å². The molecule has 2 aromatic rings. The van der Waals surface area contributed by atoms with Gasteiger partial charge in [-0.1, -0.05) is 12.1 Å². The van der Waals surface area contributed by atoms with Crippen molar-refractivity contribution in [2.45, 2.75) is 38.7 Å². The van der Waals surface area contributed by atoms with Crippen LogP contribution in [0.2, 0.25) is 0 Å². The van der Waals surface area contributed by atoms with E-state index in [1.807, 2.05) is 18.0 Å². The van der Waals surface area contributed by atoms with Crippen LogP contribution in [0.4, 0.5) is 17.6 Å². The minimum absolute atomic E-state index is 0.0881. The topological polar surface area (TPSA) is 77.8 Å². The maximum Gasteiger partial charge on any atom is 0.419 e. The lowest BCUT2D eigenvalue weighted by Gasteiger charge is -2.26. The number of halogens is 4. The summed E-state index contributed by atoms with van der Waals surface area (Å²) in [6.07, 6.45) is 1.67. The number of nitrogens with zero attached hydrogens (tertiary/aromatic N) is 3. The number of aliphatic hydroxyl groups is 1. The summed E-state index contributed by atoms with van der Waals surface area (Å²) in [5.41, 5.74) is 0.424. The zero-order valence-corrected chi connectivity index (χ0v) is 18.4. The molecule has 2 aliphatic heterocycles. The predicted molar refractivity (Wildman–Crippen MR) is 118 cm³/mol. The molecule has 2 N–H and O–H groups in total. The first kappa shape index (κ1) is 23.6. The lowest BCUT2D eigenvalue weighted by atomic mass is 9.96. The van der Waals surface area contributed by atoms with Crippen LogP contribution in [-0.4, -0.2) is 39.3 Å². The van der Waals surface area contributed by atoms with Crippen molar-refractivity contribution in [3.05, 3.63) is 82.6 Å². The predicted octanol–water partition coefficient (Wildman–Crippen LogP) is 3.99. The molecule has 2 atom stereocenters. The first-order valence-corrected chi connectivity index (χ1v) is 10.6. The van der Waals surface area contributed by atoms with Gasteiger partial charge in [0.05, 0.1) is 29.8 Å². The van der Waals surface area contributed by atoms with Gasteiger partial charge in [-0.25, -0.2) is 4.39 Å². The lowest BCUT2D eigenvalue weighted by Crippen LogP contribution is -2.37. The number of aliphatic imine (C=N–C) groups is 1. The van der Waals surface area contributed by atoms with Gasteiger partial charge in [-0.05, 0) is 43.2 Å². The number of fused-ring (bicyclic) bond motifs is 1. The molecular weight excluding hydrogens is 452 g/mol. The Morgan fingerprint density at radius 3 is 2.79 bits per heavy atom. The van der Waals surface area contributed by atoms with E-state index in [1.165, 1.54) is 19.2 Å². The standard InChI is InChI=1S/C24H22F4N4O2/c1-13-10-32-11-15(18-6-7-29-9-16(18)12-33)8-19(22(32)30-13)23(34)31-14(2)17-4-3-5-20(21(17)25)24(26,27)28/h3-9,11,13-14,33H,10,12H2,1-2H3,(H,31,34)/t13-,14-/m1/s1. The zero-order valence-electron chi connectivity index (χ0n) is 18.4. The second kappa shape index (κ2) is 9.02. The van der Waals surface area contributed by atoms with Crippen molar-refractivity contribution >= 4 is 17.3 Å². The van der Waals surface area contributed by atoms with Crippen LogP contribution in [0.5, 0.6) is 0 Å². The van der Waals surface area contributed by atoms with Crippen molar-refractivity contribution in [1.29, 1.82) is 0 Å². The minimum Gasteiger partial charge on any atom is -0.392 e. The summed E-state index contributed by atoms with van der Waals surface area (Å²) in [4.78, 5) is 23.6. The van der Waals surface area contributed by atoms with Gasteiger partial charge in [0.2, 0.25) is 0 Å². The summed E-state index contributed by atoms with van der Waals surface area (Å²) in [6, 6.07) is 3.57. The molecule has 4 rings (SSSR count). The van der Waals surface area contributed by atoms with E-state index in [0.29, 0.717) is 35.1 Å². The molecule has 6 nitrogen and oxygen atoms in total. The molecule has 1 amide bonds. The number of rotatable bonds is 5. The van der Waals surface area contributed by atoms with E-state index in [2.05, 4.69) is 15.3 Å². The van der Waals surface area contributed by atoms with Gasteiger partial charge < -0.3 is 15.3 Å². The molecular formula is C24H22F4N4O2. The second-order valence-electron chi connectivity index (χ2n) is 8.19. The maximum atomic E-state index is 14.6. The van der Waals surface area contributed by atoms with E-state index in [-0.39, 0.29) is 23.8 Å². The third-order valence-electron chi connectivity index (χ3n) is 5.69. The summed E-state index contributed by atoms with van der Waals surface area (Å²) in [5, 5.41) is 12.3. The monoisotopic (exact) mass is 474 g/mol. The molecule has 1 aromatic carbocycles. The van der Waals surface area contributed by atoms with Crippen molar-refractivity contribution in [2.75, 3.05) is 6.54 Å². The Hall–Kier alpha value is -3.53. The number of hydrogen-bond donors (Lipinski definition) is 2. The van der Waals surface area contributed by atoms with Gasteiger partial charge in [0.15, 0.2) is 0 Å². The van der Waals surface area contributed by atoms with Crippen LogP contribution in [0.3, 0.4) is 0 Å². The molecule has 10 heteroatoms. The maximum absolute atomic E-state index is 14.6.